The predicted octanol–water partition coefficient (Wildman–Crippen LogP) is 6.11. The first-order chi connectivity index (χ1) is 19.9. The number of esters is 1. The van der Waals surface area contributed by atoms with Gasteiger partial charge in [-0.25, -0.2) is 9.79 Å². The zero-order valence-electron chi connectivity index (χ0n) is 22.3. The molecule has 0 saturated heterocycles. The summed E-state index contributed by atoms with van der Waals surface area (Å²) < 4.78 is 9.59. The van der Waals surface area contributed by atoms with Crippen molar-refractivity contribution >= 4 is 57.5 Å². The second-order valence-corrected chi connectivity index (χ2v) is 11.5. The van der Waals surface area contributed by atoms with E-state index in [4.69, 9.17) is 27.9 Å². The number of carbonyl (C=O) groups is 1. The summed E-state index contributed by atoms with van der Waals surface area (Å²) >= 11 is 14.1. The normalized spacial score (nSPS) is 15.2. The summed E-state index contributed by atoms with van der Waals surface area (Å²) in [6, 6.07) is 22.3. The monoisotopic (exact) mass is 601 g/mol. The number of ether oxygens (including phenoxy) is 1. The summed E-state index contributed by atoms with van der Waals surface area (Å²) in [5, 5.41) is 2.16. The van der Waals surface area contributed by atoms with Gasteiger partial charge < -0.3 is 9.30 Å². The van der Waals surface area contributed by atoms with E-state index in [1.54, 1.807) is 24.5 Å². The molecule has 1 aliphatic rings. The number of allylic oxidation sites excluding steroid dienone is 1. The van der Waals surface area contributed by atoms with Gasteiger partial charge in [0.05, 0.1) is 22.4 Å². The van der Waals surface area contributed by atoms with E-state index in [1.165, 1.54) is 11.3 Å². The molecule has 0 N–H and O–H groups in total. The van der Waals surface area contributed by atoms with Crippen molar-refractivity contribution in [2.24, 2.45) is 4.99 Å². The average Bonchev–Trinajstić information content (AvgIpc) is 3.45. The number of thiazole rings is 1. The van der Waals surface area contributed by atoms with Gasteiger partial charge in [0.15, 0.2) is 4.80 Å². The number of rotatable bonds is 6. The number of carbonyl (C=O) groups excluding carboxylic acids is 1. The predicted molar refractivity (Wildman–Crippen MR) is 164 cm³/mol. The first kappa shape index (κ1) is 27.3. The van der Waals surface area contributed by atoms with Crippen LogP contribution in [-0.2, 0) is 16.1 Å². The van der Waals surface area contributed by atoms with Crippen molar-refractivity contribution in [3.05, 3.63) is 137 Å². The summed E-state index contributed by atoms with van der Waals surface area (Å²) in [4.78, 5) is 32.4. The zero-order chi connectivity index (χ0) is 28.7. The number of halogens is 2. The van der Waals surface area contributed by atoms with E-state index in [2.05, 4.69) is 15.6 Å². The van der Waals surface area contributed by atoms with Crippen LogP contribution in [0.3, 0.4) is 0 Å². The Morgan fingerprint density at radius 1 is 1.07 bits per heavy atom. The van der Waals surface area contributed by atoms with Gasteiger partial charge in [-0.3, -0.25) is 9.36 Å². The molecule has 9 heteroatoms. The fourth-order valence-corrected chi connectivity index (χ4v) is 6.77. The van der Waals surface area contributed by atoms with Crippen LogP contribution >= 0.6 is 34.5 Å². The molecule has 2 aromatic heterocycles. The number of fused-ring (bicyclic) bond motifs is 2. The summed E-state index contributed by atoms with van der Waals surface area (Å²) in [7, 11) is 0. The lowest BCUT2D eigenvalue weighted by molar-refractivity contribution is -0.139. The molecule has 206 valence electrons. The maximum Gasteiger partial charge on any atom is 0.338 e. The van der Waals surface area contributed by atoms with E-state index in [0.717, 1.165) is 22.0 Å². The maximum absolute atomic E-state index is 14.1. The molecule has 0 saturated carbocycles. The number of aromatic nitrogens is 2. The van der Waals surface area contributed by atoms with Crippen molar-refractivity contribution in [2.45, 2.75) is 26.4 Å². The van der Waals surface area contributed by atoms with Gasteiger partial charge in [-0.1, -0.05) is 83.1 Å². The van der Waals surface area contributed by atoms with Crippen LogP contribution in [0, 0.1) is 0 Å². The van der Waals surface area contributed by atoms with Gasteiger partial charge in [0.2, 0.25) is 0 Å². The highest BCUT2D eigenvalue weighted by Crippen LogP contribution is 2.34. The molecular weight excluding hydrogens is 577 g/mol. The van der Waals surface area contributed by atoms with E-state index in [1.807, 2.05) is 72.9 Å². The minimum atomic E-state index is -0.759. The smallest absolute Gasteiger partial charge is 0.338 e. The fourth-order valence-electron chi connectivity index (χ4n) is 5.28. The first-order valence-electron chi connectivity index (χ1n) is 13.1. The van der Waals surface area contributed by atoms with Gasteiger partial charge in [0, 0.05) is 39.3 Å². The van der Waals surface area contributed by atoms with E-state index < -0.39 is 12.0 Å². The minimum absolute atomic E-state index is 0.203. The molecule has 41 heavy (non-hydrogen) atoms. The lowest BCUT2D eigenvalue weighted by atomic mass is 9.96. The van der Waals surface area contributed by atoms with Crippen molar-refractivity contribution in [1.82, 2.24) is 9.13 Å². The molecule has 1 aliphatic heterocycles. The van der Waals surface area contributed by atoms with Gasteiger partial charge >= 0.3 is 5.97 Å². The van der Waals surface area contributed by atoms with Crippen LogP contribution in [0.1, 0.15) is 36.6 Å². The van der Waals surface area contributed by atoms with Crippen molar-refractivity contribution in [3.8, 4) is 0 Å². The van der Waals surface area contributed by atoms with Crippen LogP contribution in [0.25, 0.3) is 17.0 Å². The second-order valence-electron chi connectivity index (χ2n) is 9.68. The van der Waals surface area contributed by atoms with Crippen LogP contribution in [0.5, 0.6) is 0 Å². The Bertz CT molecular complexity index is 2040. The van der Waals surface area contributed by atoms with E-state index in [9.17, 15) is 9.59 Å². The Kier molecular flexibility index (Phi) is 7.43. The van der Waals surface area contributed by atoms with Gasteiger partial charge in [-0.05, 0) is 55.3 Å². The molecule has 1 atom stereocenters. The van der Waals surface area contributed by atoms with Crippen LogP contribution in [-0.4, -0.2) is 21.7 Å². The Labute approximate surface area is 250 Å². The van der Waals surface area contributed by atoms with E-state index >= 15 is 0 Å². The van der Waals surface area contributed by atoms with Crippen molar-refractivity contribution in [2.75, 3.05) is 6.61 Å². The minimum Gasteiger partial charge on any atom is -0.463 e. The average molecular weight is 603 g/mol. The third-order valence-electron chi connectivity index (χ3n) is 7.06. The summed E-state index contributed by atoms with van der Waals surface area (Å²) in [5.74, 6) is -0.517. The van der Waals surface area contributed by atoms with Gasteiger partial charge in [-0.2, -0.15) is 0 Å². The third kappa shape index (κ3) is 5.05. The summed E-state index contributed by atoms with van der Waals surface area (Å²) in [6.07, 6.45) is 3.94. The molecular formula is C32H25Cl2N3O3S. The molecule has 0 spiro atoms. The standard InChI is InChI=1S/C32H25Cl2N3O3S/c1-3-40-31(39)28-19(2)35-32-37(29(28)24-12-4-6-13-25(24)34)30(38)27(41-32)16-21-18-36(26-14-7-5-11-23(21)26)17-20-9-8-10-22(33)15-20/h4-16,18,29H,3,17H2,1-2H3/b27-16-/t29-/m1/s1. The third-order valence-corrected chi connectivity index (χ3v) is 8.63. The number of para-hydroxylation sites is 1. The largest absolute Gasteiger partial charge is 0.463 e. The Morgan fingerprint density at radius 3 is 2.63 bits per heavy atom. The van der Waals surface area contributed by atoms with Crippen LogP contribution in [0.15, 0.2) is 100 Å². The molecule has 5 aromatic rings. The summed E-state index contributed by atoms with van der Waals surface area (Å²) in [5.41, 5.74) is 4.21. The zero-order valence-corrected chi connectivity index (χ0v) is 24.6. The number of benzene rings is 3. The molecule has 0 radical (unpaired) electrons. The molecule has 3 aromatic carbocycles. The lowest BCUT2D eigenvalue weighted by Crippen LogP contribution is -2.40. The van der Waals surface area contributed by atoms with Crippen molar-refractivity contribution in [1.29, 1.82) is 0 Å². The molecule has 6 rings (SSSR count). The van der Waals surface area contributed by atoms with Crippen LogP contribution in [0.2, 0.25) is 10.0 Å². The molecule has 0 aliphatic carbocycles. The van der Waals surface area contributed by atoms with Gasteiger partial charge in [0.25, 0.3) is 5.56 Å². The van der Waals surface area contributed by atoms with Gasteiger partial charge in [0.1, 0.15) is 6.04 Å². The van der Waals surface area contributed by atoms with Gasteiger partial charge in [-0.15, -0.1) is 0 Å². The highest BCUT2D eigenvalue weighted by atomic mass is 35.5. The molecule has 0 amide bonds. The molecule has 0 bridgehead atoms. The Morgan fingerprint density at radius 2 is 1.85 bits per heavy atom. The molecule has 6 nitrogen and oxygen atoms in total. The topological polar surface area (TPSA) is 65.6 Å². The number of hydrogen-bond acceptors (Lipinski definition) is 5. The van der Waals surface area contributed by atoms with Crippen molar-refractivity contribution in [3.63, 3.8) is 0 Å². The number of hydrogen-bond donors (Lipinski definition) is 0. The molecule has 0 fully saturated rings. The van der Waals surface area contributed by atoms with Crippen LogP contribution < -0.4 is 14.9 Å². The quantitative estimate of drug-likeness (QED) is 0.221. The van der Waals surface area contributed by atoms with Crippen LogP contribution in [0.4, 0.5) is 0 Å². The molecule has 0 unspecified atom stereocenters. The summed E-state index contributed by atoms with van der Waals surface area (Å²) in [6.45, 7) is 4.34. The number of nitrogens with zero attached hydrogens (tertiary/aromatic N) is 3. The highest BCUT2D eigenvalue weighted by molar-refractivity contribution is 7.07. The lowest BCUT2D eigenvalue weighted by Gasteiger charge is -2.25. The Balaban J connectivity index is 1.53. The SMILES string of the molecule is CCOC(=O)C1=C(C)N=c2s/c(=C\c3cn(Cc4cccc(Cl)c4)c4ccccc34)c(=O)n2[C@@H]1c1ccccc1Cl. The fraction of sp³-hybridized carbons (Fsp3) is 0.156. The van der Waals surface area contributed by atoms with E-state index in [0.29, 0.717) is 42.8 Å². The van der Waals surface area contributed by atoms with Crippen molar-refractivity contribution < 1.29 is 9.53 Å². The highest BCUT2D eigenvalue weighted by Gasteiger charge is 2.34. The maximum atomic E-state index is 14.1. The first-order valence-corrected chi connectivity index (χ1v) is 14.7. The Hall–Kier alpha value is -3.91. The second kappa shape index (κ2) is 11.2. The molecule has 3 heterocycles. The van der Waals surface area contributed by atoms with E-state index in [-0.39, 0.29) is 12.2 Å².